The minimum absolute atomic E-state index is 0.0259. The Labute approximate surface area is 446 Å². The molecule has 0 bridgehead atoms. The highest BCUT2D eigenvalue weighted by atomic mass is 32.2. The largest absolute Gasteiger partial charge is 0.379 e. The van der Waals surface area contributed by atoms with Gasteiger partial charge in [-0.2, -0.15) is 5.90 Å². The van der Waals surface area contributed by atoms with E-state index in [1.54, 1.807) is 24.3 Å². The van der Waals surface area contributed by atoms with Crippen LogP contribution in [0.3, 0.4) is 0 Å². The van der Waals surface area contributed by atoms with Crippen LogP contribution in [-0.2, 0) is 60.4 Å². The number of carbonyl (C=O) groups excluding carboxylic acids is 6. The summed E-state index contributed by atoms with van der Waals surface area (Å²) in [6.07, 6.45) is 2.52. The van der Waals surface area contributed by atoms with Crippen LogP contribution in [0.2, 0.25) is 0 Å². The highest BCUT2D eigenvalue weighted by Crippen LogP contribution is 2.20. The van der Waals surface area contributed by atoms with Gasteiger partial charge < -0.3 is 46.1 Å². The maximum absolute atomic E-state index is 12.7. The zero-order valence-electron chi connectivity index (χ0n) is 42.4. The molecule has 12 N–H and O–H groups in total. The van der Waals surface area contributed by atoms with Gasteiger partial charge in [-0.15, -0.1) is 9.32 Å². The van der Waals surface area contributed by atoms with Gasteiger partial charge >= 0.3 is 0 Å². The average Bonchev–Trinajstić information content (AvgIpc) is 3.36. The first-order valence-electron chi connectivity index (χ1n) is 24.0. The number of hydrogen-bond acceptors (Lipinski definition) is 16. The highest BCUT2D eigenvalue weighted by Gasteiger charge is 2.35. The molecule has 0 aliphatic carbocycles. The molecular formula is C48H71N9O15S3. The fraction of sp³-hybridized carbons (Fsp3) is 0.500. The molecule has 416 valence electrons. The molecule has 2 unspecified atom stereocenters. The van der Waals surface area contributed by atoms with Gasteiger partial charge in [-0.25, -0.2) is 8.42 Å². The Bertz CT molecular complexity index is 2170. The highest BCUT2D eigenvalue weighted by molar-refractivity contribution is 7.94. The smallest absolute Gasteiger partial charge is 0.259 e. The second-order valence-electron chi connectivity index (χ2n) is 17.8. The third-order valence-electron chi connectivity index (χ3n) is 10.3. The number of amides is 5. The summed E-state index contributed by atoms with van der Waals surface area (Å²) in [5.41, 5.74) is 0.570. The summed E-state index contributed by atoms with van der Waals surface area (Å²) in [6, 6.07) is 18.9. The number of ketones is 1. The second kappa shape index (κ2) is 35.8. The number of ether oxygens (including phenoxy) is 3. The molecule has 0 aliphatic heterocycles. The first kappa shape index (κ1) is 63.9. The molecular weight excluding hydrogens is 1040 g/mol. The number of Topliss-reactive ketones (excluding diaryl/α,β-unsaturated/α-hetero) is 1. The first-order valence-corrected chi connectivity index (χ1v) is 27.0. The van der Waals surface area contributed by atoms with E-state index in [1.807, 2.05) is 20.8 Å². The van der Waals surface area contributed by atoms with Crippen LogP contribution >= 0.6 is 12.0 Å². The minimum Gasteiger partial charge on any atom is -0.379 e. The van der Waals surface area contributed by atoms with Crippen LogP contribution in [0.15, 0.2) is 77.7 Å². The van der Waals surface area contributed by atoms with Gasteiger partial charge in [0, 0.05) is 96.9 Å². The van der Waals surface area contributed by atoms with Crippen molar-refractivity contribution in [1.29, 1.82) is 0 Å². The van der Waals surface area contributed by atoms with Crippen LogP contribution in [-0.4, -0.2) is 136 Å². The maximum atomic E-state index is 12.7. The molecule has 2 atom stereocenters. The molecule has 3 aromatic carbocycles. The Hall–Kier alpha value is -5.43. The van der Waals surface area contributed by atoms with Crippen molar-refractivity contribution in [1.82, 2.24) is 31.9 Å². The number of hydrogen-bond donors (Lipinski definition) is 11. The van der Waals surface area contributed by atoms with Crippen molar-refractivity contribution < 1.29 is 69.8 Å². The van der Waals surface area contributed by atoms with E-state index in [0.717, 1.165) is 12.0 Å². The number of benzene rings is 3. The van der Waals surface area contributed by atoms with Gasteiger partial charge in [0.2, 0.25) is 17.7 Å². The molecule has 75 heavy (non-hydrogen) atoms. The summed E-state index contributed by atoms with van der Waals surface area (Å²) in [7, 11) is 0. The van der Waals surface area contributed by atoms with Crippen molar-refractivity contribution in [3.8, 4) is 0 Å². The van der Waals surface area contributed by atoms with Gasteiger partial charge in [0.25, 0.3) is 34.3 Å². The molecule has 0 aromatic heterocycles. The van der Waals surface area contributed by atoms with E-state index in [1.165, 1.54) is 48.5 Å². The maximum Gasteiger partial charge on any atom is 0.259 e. The zero-order valence-corrected chi connectivity index (χ0v) is 44.8. The molecule has 0 spiro atoms. The lowest BCUT2D eigenvalue weighted by Crippen LogP contribution is -2.62. The number of rotatable bonds is 39. The molecule has 3 aromatic rings. The predicted octanol–water partition coefficient (Wildman–Crippen LogP) is 3.30. The number of nitrogens with one attached hydrogen (secondary N) is 8. The lowest BCUT2D eigenvalue weighted by Gasteiger charge is -2.40. The van der Waals surface area contributed by atoms with Crippen LogP contribution in [0.4, 0.5) is 11.4 Å². The normalized spacial score (nSPS) is 12.9. The predicted molar refractivity (Wildman–Crippen MR) is 283 cm³/mol. The van der Waals surface area contributed by atoms with Crippen molar-refractivity contribution in [2.24, 2.45) is 5.90 Å². The lowest BCUT2D eigenvalue weighted by atomic mass is 9.97. The minimum atomic E-state index is -2.23. The van der Waals surface area contributed by atoms with Gasteiger partial charge in [-0.3, -0.25) is 47.3 Å². The molecule has 5 amide bonds. The van der Waals surface area contributed by atoms with Crippen molar-refractivity contribution in [2.45, 2.75) is 88.1 Å². The number of nitrogens with two attached hydrogens (primary N) is 1. The van der Waals surface area contributed by atoms with Crippen LogP contribution in [0.5, 0.6) is 0 Å². The summed E-state index contributed by atoms with van der Waals surface area (Å²) in [5, 5.41) is 17.5. The third-order valence-corrected chi connectivity index (χ3v) is 11.8. The van der Waals surface area contributed by atoms with E-state index in [9.17, 15) is 37.2 Å². The zero-order chi connectivity index (χ0) is 54.9. The first-order chi connectivity index (χ1) is 35.9. The second-order valence-corrected chi connectivity index (χ2v) is 20.0. The van der Waals surface area contributed by atoms with Crippen LogP contribution in [0.25, 0.3) is 0 Å². The molecule has 3 rings (SSSR count). The fourth-order valence-electron chi connectivity index (χ4n) is 6.95. The van der Waals surface area contributed by atoms with Crippen molar-refractivity contribution >= 4 is 81.3 Å². The molecule has 0 heterocycles. The van der Waals surface area contributed by atoms with E-state index in [-0.39, 0.29) is 94.2 Å². The van der Waals surface area contributed by atoms with Crippen molar-refractivity contribution in [3.63, 3.8) is 0 Å². The van der Waals surface area contributed by atoms with Crippen LogP contribution < -0.4 is 47.2 Å². The van der Waals surface area contributed by atoms with Crippen molar-refractivity contribution in [3.05, 3.63) is 89.5 Å². The summed E-state index contributed by atoms with van der Waals surface area (Å²) in [5.74, 6) is 3.40. The van der Waals surface area contributed by atoms with Gasteiger partial charge in [-0.1, -0.05) is 12.1 Å². The number of unbranched alkanes of at least 4 members (excludes halogenated alkanes) is 1. The van der Waals surface area contributed by atoms with Crippen LogP contribution in [0, 0.1) is 0 Å². The molecule has 0 saturated heterocycles. The number of carbonyl (C=O) groups is 6. The summed E-state index contributed by atoms with van der Waals surface area (Å²) in [6.45, 7) is 7.67. The van der Waals surface area contributed by atoms with Gasteiger partial charge in [-0.05, 0) is 107 Å². The Morgan fingerprint density at radius 1 is 0.533 bits per heavy atom. The monoisotopic (exact) mass is 1110 g/mol. The Morgan fingerprint density at radius 3 is 1.31 bits per heavy atom. The molecule has 0 radical (unpaired) electrons. The van der Waals surface area contributed by atoms with E-state index >= 15 is 0 Å². The van der Waals surface area contributed by atoms with E-state index in [4.69, 9.17) is 29.2 Å². The summed E-state index contributed by atoms with van der Waals surface area (Å²) in [4.78, 5) is 80.5. The topological polar surface area (TPSA) is 345 Å². The molecule has 0 aliphatic rings. The molecule has 27 heteroatoms. The SMILES string of the molecule is CC(C)(C)NC(COCCC(=O)NCCCCC(=O)c1ccc(SOON)cc1)(COCCC(=O)NCCCNC(=O)c1ccc(NS(=O)O)cc1)COCCC(=O)NCCCNC(=O)c1ccc(NS(=O)O)cc1. The molecule has 0 fully saturated rings. The lowest BCUT2D eigenvalue weighted by molar-refractivity contribution is -0.195. The van der Waals surface area contributed by atoms with Gasteiger partial charge in [0.05, 0.1) is 57.2 Å². The van der Waals surface area contributed by atoms with Gasteiger partial charge in [0.1, 0.15) is 0 Å². The summed E-state index contributed by atoms with van der Waals surface area (Å²) < 4.78 is 67.2. The Morgan fingerprint density at radius 2 is 0.920 bits per heavy atom. The Balaban J connectivity index is 1.46. The van der Waals surface area contributed by atoms with Crippen molar-refractivity contribution in [2.75, 3.05) is 81.8 Å². The molecule has 24 nitrogen and oxygen atoms in total. The summed E-state index contributed by atoms with van der Waals surface area (Å²) >= 11 is -3.55. The van der Waals surface area contributed by atoms with E-state index < -0.39 is 33.6 Å². The van der Waals surface area contributed by atoms with Gasteiger partial charge in [0.15, 0.2) is 5.78 Å². The van der Waals surface area contributed by atoms with Crippen LogP contribution in [0.1, 0.15) is 103 Å². The average molecular weight is 1110 g/mol. The van der Waals surface area contributed by atoms with E-state index in [2.05, 4.69) is 50.7 Å². The quantitative estimate of drug-likeness (QED) is 0.00975. The fourth-order valence-corrected chi connectivity index (χ4v) is 7.99. The Kier molecular flexibility index (Phi) is 30.4. The number of anilines is 2. The third kappa shape index (κ3) is 28.9. The van der Waals surface area contributed by atoms with E-state index in [0.29, 0.717) is 97.8 Å². The molecule has 0 saturated carbocycles. The standard InChI is InChI=1S/C48H71N9O15S3/c1-47(2,3)57-48(32-68-29-21-42(59)50-24-5-4-8-41(58)35-13-19-40(20-14-35)73-72-71-49,33-69-30-22-43(60)51-25-6-27-53-45(62)36-9-15-38(16-10-36)55-74(64)65)34-70-31-23-44(61)52-26-7-28-54-46(63)37-11-17-39(18-12-37)56-75(66)67/h9-20,55-57H,4-8,21-34,49H2,1-3H3,(H,50,59)(H,51,60)(H,52,61)(H,53,62)(H,54,63)(H,64,65)(H,66,67).